The van der Waals surface area contributed by atoms with Crippen molar-refractivity contribution in [1.29, 1.82) is 0 Å². The van der Waals surface area contributed by atoms with Crippen LogP contribution in [0.2, 0.25) is 5.02 Å². The molecule has 122 valence electrons. The van der Waals surface area contributed by atoms with Gasteiger partial charge in [-0.1, -0.05) is 11.6 Å². The number of aryl methyl sites for hydroxylation is 1. The highest BCUT2D eigenvalue weighted by Crippen LogP contribution is 2.32. The van der Waals surface area contributed by atoms with Crippen molar-refractivity contribution in [1.82, 2.24) is 10.2 Å². The molecule has 3 rings (SSSR count). The molecule has 2 aliphatic heterocycles. The second kappa shape index (κ2) is 6.20. The first kappa shape index (κ1) is 15.8. The summed E-state index contributed by atoms with van der Waals surface area (Å²) >= 11 is 6.33. The molecule has 0 radical (unpaired) electrons. The second-order valence-corrected chi connectivity index (χ2v) is 6.26. The molecule has 7 heteroatoms. The number of carbonyl (C=O) groups excluding carboxylic acids is 3. The van der Waals surface area contributed by atoms with Gasteiger partial charge in [-0.05, 0) is 37.5 Å². The van der Waals surface area contributed by atoms with E-state index < -0.39 is 6.03 Å². The first-order valence-electron chi connectivity index (χ1n) is 7.68. The van der Waals surface area contributed by atoms with Crippen LogP contribution < -0.4 is 10.2 Å². The molecule has 1 aromatic carbocycles. The Balaban J connectivity index is 1.95. The van der Waals surface area contributed by atoms with Crippen molar-refractivity contribution in [2.24, 2.45) is 0 Å². The monoisotopic (exact) mass is 335 g/mol. The highest BCUT2D eigenvalue weighted by atomic mass is 35.5. The van der Waals surface area contributed by atoms with E-state index in [0.29, 0.717) is 16.3 Å². The average molecular weight is 336 g/mol. The van der Waals surface area contributed by atoms with E-state index in [2.05, 4.69) is 5.32 Å². The number of halogens is 1. The highest BCUT2D eigenvalue weighted by molar-refractivity contribution is 6.35. The zero-order valence-electron chi connectivity index (χ0n) is 12.9. The van der Waals surface area contributed by atoms with Crippen molar-refractivity contribution in [2.75, 3.05) is 24.5 Å². The third-order valence-corrected chi connectivity index (χ3v) is 4.71. The number of hydrogen-bond acceptors (Lipinski definition) is 3. The Morgan fingerprint density at radius 1 is 1.17 bits per heavy atom. The maximum atomic E-state index is 12.6. The number of benzene rings is 1. The second-order valence-electron chi connectivity index (χ2n) is 5.88. The summed E-state index contributed by atoms with van der Waals surface area (Å²) in [6.07, 6.45) is 2.25. The van der Waals surface area contributed by atoms with Gasteiger partial charge in [0.2, 0.25) is 5.91 Å². The zero-order chi connectivity index (χ0) is 16.6. The Morgan fingerprint density at radius 2 is 1.87 bits per heavy atom. The summed E-state index contributed by atoms with van der Waals surface area (Å²) in [6, 6.07) is 2.89. The molecule has 2 saturated heterocycles. The lowest BCUT2D eigenvalue weighted by atomic mass is 10.1. The van der Waals surface area contributed by atoms with E-state index in [1.807, 2.05) is 4.90 Å². The number of urea groups is 1. The summed E-state index contributed by atoms with van der Waals surface area (Å²) in [5.74, 6) is -0.347. The van der Waals surface area contributed by atoms with Crippen molar-refractivity contribution in [3.05, 3.63) is 28.3 Å². The van der Waals surface area contributed by atoms with Crippen LogP contribution in [0.25, 0.3) is 0 Å². The number of nitrogens with zero attached hydrogens (tertiary/aromatic N) is 2. The molecule has 0 atom stereocenters. The normalized spacial score (nSPS) is 18.3. The first-order chi connectivity index (χ1) is 11.0. The molecule has 0 unspecified atom stereocenters. The number of nitrogens with one attached hydrogen (secondary N) is 1. The summed E-state index contributed by atoms with van der Waals surface area (Å²) in [5, 5.41) is 2.70. The number of rotatable bonds is 2. The smallest absolute Gasteiger partial charge is 0.328 e. The summed E-state index contributed by atoms with van der Waals surface area (Å²) < 4.78 is 0. The number of carbonyl (C=O) groups is 3. The molecule has 0 aliphatic carbocycles. The minimum Gasteiger partial charge on any atom is -0.339 e. The van der Waals surface area contributed by atoms with E-state index in [1.165, 1.54) is 4.90 Å². The van der Waals surface area contributed by atoms with Crippen LogP contribution in [0.15, 0.2) is 12.1 Å². The predicted octanol–water partition coefficient (Wildman–Crippen LogP) is 2.33. The highest BCUT2D eigenvalue weighted by Gasteiger charge is 2.28. The van der Waals surface area contributed by atoms with E-state index >= 15 is 0 Å². The average Bonchev–Trinajstić information content (AvgIpc) is 3.04. The fourth-order valence-corrected chi connectivity index (χ4v) is 3.18. The fourth-order valence-electron chi connectivity index (χ4n) is 2.97. The molecule has 6 nitrogen and oxygen atoms in total. The Morgan fingerprint density at radius 3 is 2.52 bits per heavy atom. The van der Waals surface area contributed by atoms with E-state index in [0.717, 1.165) is 31.5 Å². The van der Waals surface area contributed by atoms with Crippen LogP contribution in [0.4, 0.5) is 10.5 Å². The van der Waals surface area contributed by atoms with Gasteiger partial charge in [0.25, 0.3) is 5.91 Å². The Hall–Kier alpha value is -2.08. The van der Waals surface area contributed by atoms with Gasteiger partial charge in [-0.25, -0.2) is 4.79 Å². The van der Waals surface area contributed by atoms with Crippen LogP contribution >= 0.6 is 11.6 Å². The van der Waals surface area contributed by atoms with Crippen LogP contribution in [0.5, 0.6) is 0 Å². The van der Waals surface area contributed by atoms with E-state index in [4.69, 9.17) is 11.6 Å². The van der Waals surface area contributed by atoms with Gasteiger partial charge in [0, 0.05) is 31.6 Å². The maximum absolute atomic E-state index is 12.6. The number of imide groups is 1. The molecular weight excluding hydrogens is 318 g/mol. The van der Waals surface area contributed by atoms with Crippen LogP contribution in [0.1, 0.15) is 35.2 Å². The van der Waals surface area contributed by atoms with Gasteiger partial charge >= 0.3 is 6.03 Å². The molecule has 23 heavy (non-hydrogen) atoms. The van der Waals surface area contributed by atoms with E-state index in [-0.39, 0.29) is 24.8 Å². The topological polar surface area (TPSA) is 69.7 Å². The first-order valence-corrected chi connectivity index (χ1v) is 8.06. The zero-order valence-corrected chi connectivity index (χ0v) is 13.7. The third kappa shape index (κ3) is 3.03. The molecule has 4 amide bonds. The molecule has 1 aromatic rings. The molecule has 1 N–H and O–H groups in total. The molecule has 0 bridgehead atoms. The van der Waals surface area contributed by atoms with Gasteiger partial charge in [-0.3, -0.25) is 19.8 Å². The van der Waals surface area contributed by atoms with Gasteiger partial charge in [0.05, 0.1) is 10.7 Å². The van der Waals surface area contributed by atoms with E-state index in [9.17, 15) is 14.4 Å². The van der Waals surface area contributed by atoms with Crippen LogP contribution in [0, 0.1) is 6.92 Å². The summed E-state index contributed by atoms with van der Waals surface area (Å²) in [7, 11) is 0. The molecule has 2 fully saturated rings. The van der Waals surface area contributed by atoms with Crippen molar-refractivity contribution >= 4 is 35.1 Å². The third-order valence-electron chi connectivity index (χ3n) is 4.22. The van der Waals surface area contributed by atoms with Gasteiger partial charge in [0.15, 0.2) is 0 Å². The molecule has 0 saturated carbocycles. The lowest BCUT2D eigenvalue weighted by Gasteiger charge is -2.28. The minimum absolute atomic E-state index is 0.0444. The number of likely N-dealkylation sites (tertiary alicyclic amines) is 1. The number of anilines is 1. The summed E-state index contributed by atoms with van der Waals surface area (Å²) in [4.78, 5) is 39.2. The Bertz CT molecular complexity index is 683. The van der Waals surface area contributed by atoms with Crippen LogP contribution in [-0.2, 0) is 4.79 Å². The minimum atomic E-state index is -0.506. The van der Waals surface area contributed by atoms with Crippen molar-refractivity contribution < 1.29 is 14.4 Å². The molecular formula is C16H18ClN3O3. The molecule has 0 aromatic heterocycles. The fraction of sp³-hybridized carbons (Fsp3) is 0.438. The lowest BCUT2D eigenvalue weighted by molar-refractivity contribution is -0.120. The predicted molar refractivity (Wildman–Crippen MR) is 86.8 cm³/mol. The number of amides is 4. The SMILES string of the molecule is Cc1cc(C(=O)N2CCCC2)cc(N2CCC(=O)NC2=O)c1Cl. The van der Waals surface area contributed by atoms with Crippen molar-refractivity contribution in [3.8, 4) is 0 Å². The van der Waals surface area contributed by atoms with Crippen molar-refractivity contribution in [2.45, 2.75) is 26.2 Å². The van der Waals surface area contributed by atoms with Gasteiger partial charge in [-0.2, -0.15) is 0 Å². The molecule has 2 aliphatic rings. The van der Waals surface area contributed by atoms with Gasteiger partial charge in [0.1, 0.15) is 0 Å². The Labute approximate surface area is 139 Å². The molecule has 0 spiro atoms. The Kier molecular flexibility index (Phi) is 4.26. The van der Waals surface area contributed by atoms with Gasteiger partial charge < -0.3 is 4.90 Å². The van der Waals surface area contributed by atoms with Gasteiger partial charge in [-0.15, -0.1) is 0 Å². The van der Waals surface area contributed by atoms with E-state index in [1.54, 1.807) is 19.1 Å². The number of hydrogen-bond donors (Lipinski definition) is 1. The van der Waals surface area contributed by atoms with Crippen molar-refractivity contribution in [3.63, 3.8) is 0 Å². The summed E-state index contributed by atoms with van der Waals surface area (Å²) in [6.45, 7) is 3.58. The molecule has 2 heterocycles. The lowest BCUT2D eigenvalue weighted by Crippen LogP contribution is -2.49. The summed E-state index contributed by atoms with van der Waals surface area (Å²) in [5.41, 5.74) is 1.73. The van der Waals surface area contributed by atoms with Crippen LogP contribution in [-0.4, -0.2) is 42.4 Å². The standard InChI is InChI=1S/C16H18ClN3O3/c1-10-8-11(15(22)19-5-2-3-6-19)9-12(14(10)17)20-7-4-13(21)18-16(20)23/h8-9H,2-7H2,1H3,(H,18,21,23). The maximum Gasteiger partial charge on any atom is 0.328 e. The largest absolute Gasteiger partial charge is 0.339 e. The quantitative estimate of drug-likeness (QED) is 0.901. The van der Waals surface area contributed by atoms with Crippen LogP contribution in [0.3, 0.4) is 0 Å².